The number of nitrogens with two attached hydrogens (primary N) is 1. The molecule has 2 aliphatic rings. The summed E-state index contributed by atoms with van der Waals surface area (Å²) in [5.41, 5.74) is 10.9. The molecule has 2 saturated heterocycles. The third-order valence-corrected chi connectivity index (χ3v) is 7.84. The number of aryl methyl sites for hydroxylation is 2. The Kier molecular flexibility index (Phi) is 16.7. The first-order valence-corrected chi connectivity index (χ1v) is 16.2. The van der Waals surface area contributed by atoms with E-state index in [0.29, 0.717) is 34.6 Å². The fourth-order valence-corrected chi connectivity index (χ4v) is 4.89. The molecule has 5 rings (SSSR count). The summed E-state index contributed by atoms with van der Waals surface area (Å²) in [6, 6.07) is 17.5. The van der Waals surface area contributed by atoms with E-state index in [-0.39, 0.29) is 12.5 Å². The summed E-state index contributed by atoms with van der Waals surface area (Å²) in [5.74, 6) is 0.116. The summed E-state index contributed by atoms with van der Waals surface area (Å²) >= 11 is 0. The molecular weight excluding hydrogens is 579 g/mol. The van der Waals surface area contributed by atoms with Crippen molar-refractivity contribution in [2.45, 2.75) is 85.9 Å². The molecule has 3 heterocycles. The van der Waals surface area contributed by atoms with E-state index in [2.05, 4.69) is 30.3 Å². The van der Waals surface area contributed by atoms with Crippen molar-refractivity contribution in [2.75, 3.05) is 26.2 Å². The lowest BCUT2D eigenvalue weighted by Crippen LogP contribution is -2.34. The molecule has 46 heavy (non-hydrogen) atoms. The van der Waals surface area contributed by atoms with Gasteiger partial charge in [0, 0.05) is 42.0 Å². The average Bonchev–Trinajstić information content (AvgIpc) is 3.03. The number of carbonyl (C=O) groups is 1. The molecule has 0 spiro atoms. The minimum Gasteiger partial charge on any atom is -0.473 e. The van der Waals surface area contributed by atoms with E-state index in [1.807, 2.05) is 52.0 Å². The predicted octanol–water partition coefficient (Wildman–Crippen LogP) is 8.04. The van der Waals surface area contributed by atoms with Crippen molar-refractivity contribution in [3.05, 3.63) is 106 Å². The molecule has 0 radical (unpaired) electrons. The summed E-state index contributed by atoms with van der Waals surface area (Å²) in [4.78, 5) is 17.7. The molecule has 0 aliphatic carbocycles. The molecule has 8 heteroatoms. The molecule has 0 bridgehead atoms. The van der Waals surface area contributed by atoms with Gasteiger partial charge in [0.05, 0.1) is 17.7 Å². The molecule has 248 valence electrons. The van der Waals surface area contributed by atoms with Crippen LogP contribution in [0.15, 0.2) is 66.7 Å². The molecule has 2 fully saturated rings. The van der Waals surface area contributed by atoms with Gasteiger partial charge in [0.1, 0.15) is 12.4 Å². The fourth-order valence-electron chi connectivity index (χ4n) is 4.89. The van der Waals surface area contributed by atoms with Crippen LogP contribution in [0.5, 0.6) is 5.88 Å². The lowest BCUT2D eigenvalue weighted by Gasteiger charge is -2.31. The highest BCUT2D eigenvalue weighted by Gasteiger charge is 2.22. The Hall–Kier alpha value is -4.06. The summed E-state index contributed by atoms with van der Waals surface area (Å²) in [6.45, 7) is 20.3. The van der Waals surface area contributed by atoms with Crippen molar-refractivity contribution in [1.29, 1.82) is 5.26 Å². The number of aromatic nitrogens is 1. The molecular formula is C38H51FN4O3. The summed E-state index contributed by atoms with van der Waals surface area (Å²) < 4.78 is 24.8. The van der Waals surface area contributed by atoms with Crippen LogP contribution in [0, 0.1) is 31.0 Å². The third kappa shape index (κ3) is 12.7. The van der Waals surface area contributed by atoms with Crippen LogP contribution in [0.4, 0.5) is 4.39 Å². The number of carbonyl (C=O) groups excluding carboxylic acids is 1. The maximum atomic E-state index is 14.0. The van der Waals surface area contributed by atoms with E-state index in [1.54, 1.807) is 30.3 Å². The van der Waals surface area contributed by atoms with Gasteiger partial charge in [-0.2, -0.15) is 5.26 Å². The van der Waals surface area contributed by atoms with Gasteiger partial charge in [-0.25, -0.2) is 9.37 Å². The molecule has 2 N–H and O–H groups in total. The van der Waals surface area contributed by atoms with Crippen LogP contribution in [0.1, 0.15) is 97.6 Å². The van der Waals surface area contributed by atoms with Crippen LogP contribution in [0.25, 0.3) is 0 Å². The van der Waals surface area contributed by atoms with Gasteiger partial charge in [-0.15, -0.1) is 0 Å². The number of nitrogens with zero attached hydrogens (tertiary/aromatic N) is 3. The summed E-state index contributed by atoms with van der Waals surface area (Å²) in [6.07, 6.45) is 5.23. The predicted molar refractivity (Wildman–Crippen MR) is 183 cm³/mol. The quantitative estimate of drug-likeness (QED) is 0.253. The number of halogens is 1. The Bertz CT molecular complexity index is 1440. The zero-order valence-electron chi connectivity index (χ0n) is 28.4. The monoisotopic (exact) mass is 630 g/mol. The Balaban J connectivity index is 0.000000315. The number of pyridine rings is 1. The summed E-state index contributed by atoms with van der Waals surface area (Å²) in [7, 11) is 0. The first-order chi connectivity index (χ1) is 22.1. The summed E-state index contributed by atoms with van der Waals surface area (Å²) in [5, 5.41) is 8.81. The molecule has 1 amide bonds. The first-order valence-electron chi connectivity index (χ1n) is 16.2. The normalized spacial score (nSPS) is 15.7. The molecule has 1 unspecified atom stereocenters. The highest BCUT2D eigenvalue weighted by molar-refractivity contribution is 5.93. The number of likely N-dealkylation sites (tertiary alicyclic amines) is 1. The van der Waals surface area contributed by atoms with Crippen molar-refractivity contribution in [1.82, 2.24) is 9.88 Å². The standard InChI is InChI=1S/C22H24FN3O.C9H11NO.C5H10O.C2H6/c1-16(2)14-26-10-8-18(9-11-26)21-4-3-5-22(25-21)27-15-19-7-6-17(13-24)12-20(19)23;1-6-3-4-8(9(10)11)5-7(6)2;1-2-5-3-4-6-5;1-2/h3-7,12,18H,1,8-11,14-15H2,2H3;3-5H,1-2H3,(H2,10,11);5H,2-4H2,1H3;1-2H3. The van der Waals surface area contributed by atoms with Gasteiger partial charge >= 0.3 is 0 Å². The van der Waals surface area contributed by atoms with Crippen LogP contribution >= 0.6 is 0 Å². The number of rotatable bonds is 8. The minimum atomic E-state index is -0.435. The number of amides is 1. The van der Waals surface area contributed by atoms with Crippen molar-refractivity contribution >= 4 is 5.91 Å². The van der Waals surface area contributed by atoms with E-state index in [4.69, 9.17) is 20.5 Å². The number of primary amides is 1. The Morgan fingerprint density at radius 3 is 2.30 bits per heavy atom. The van der Waals surface area contributed by atoms with Crippen LogP contribution in [-0.4, -0.2) is 48.1 Å². The van der Waals surface area contributed by atoms with E-state index >= 15 is 0 Å². The van der Waals surface area contributed by atoms with Crippen LogP contribution in [0.3, 0.4) is 0 Å². The van der Waals surface area contributed by atoms with Gasteiger partial charge in [0.15, 0.2) is 0 Å². The van der Waals surface area contributed by atoms with Gasteiger partial charge in [-0.1, -0.05) is 51.1 Å². The third-order valence-electron chi connectivity index (χ3n) is 7.84. The van der Waals surface area contributed by atoms with Crippen LogP contribution < -0.4 is 10.5 Å². The molecule has 1 atom stereocenters. The van der Waals surface area contributed by atoms with Crippen molar-refractivity contribution in [2.24, 2.45) is 5.73 Å². The van der Waals surface area contributed by atoms with Crippen LogP contribution in [0.2, 0.25) is 0 Å². The Labute approximate surface area is 275 Å². The minimum absolute atomic E-state index is 0.0883. The van der Waals surface area contributed by atoms with Crippen molar-refractivity contribution < 1.29 is 18.7 Å². The molecule has 2 aromatic carbocycles. The zero-order valence-corrected chi connectivity index (χ0v) is 28.4. The number of piperidine rings is 1. The Morgan fingerprint density at radius 1 is 1.11 bits per heavy atom. The van der Waals surface area contributed by atoms with E-state index in [1.165, 1.54) is 30.0 Å². The lowest BCUT2D eigenvalue weighted by atomic mass is 9.93. The molecule has 0 saturated carbocycles. The number of hydrogen-bond acceptors (Lipinski definition) is 6. The number of hydrogen-bond donors (Lipinski definition) is 1. The maximum absolute atomic E-state index is 14.0. The highest BCUT2D eigenvalue weighted by atomic mass is 19.1. The highest BCUT2D eigenvalue weighted by Crippen LogP contribution is 2.28. The van der Waals surface area contributed by atoms with Crippen molar-refractivity contribution in [3.8, 4) is 11.9 Å². The van der Waals surface area contributed by atoms with Gasteiger partial charge in [-0.3, -0.25) is 9.69 Å². The SMILES string of the molecule is C=C(C)CN1CCC(c2cccc(OCc3ccc(C#N)cc3F)n2)CC1.CC.CCC1CCO1.Cc1ccc(C(N)=O)cc1C. The molecule has 3 aromatic rings. The average molecular weight is 631 g/mol. The number of benzene rings is 2. The molecule has 2 aliphatic heterocycles. The van der Waals surface area contributed by atoms with E-state index in [0.717, 1.165) is 50.3 Å². The van der Waals surface area contributed by atoms with Gasteiger partial charge in [0.2, 0.25) is 11.8 Å². The Morgan fingerprint density at radius 2 is 1.80 bits per heavy atom. The second-order valence-electron chi connectivity index (χ2n) is 11.5. The van der Waals surface area contributed by atoms with Gasteiger partial charge in [0.25, 0.3) is 0 Å². The van der Waals surface area contributed by atoms with Gasteiger partial charge in [-0.05, 0) is 101 Å². The fraction of sp³-hybridized carbons (Fsp3) is 0.447. The number of nitriles is 1. The second kappa shape index (κ2) is 20.1. The van der Waals surface area contributed by atoms with Crippen LogP contribution in [-0.2, 0) is 11.3 Å². The topological polar surface area (TPSA) is 101 Å². The smallest absolute Gasteiger partial charge is 0.248 e. The largest absolute Gasteiger partial charge is 0.473 e. The first kappa shape index (κ1) is 38.1. The molecule has 7 nitrogen and oxygen atoms in total. The second-order valence-corrected chi connectivity index (χ2v) is 11.5. The van der Waals surface area contributed by atoms with Gasteiger partial charge < -0.3 is 15.2 Å². The number of ether oxygens (including phenoxy) is 2. The van der Waals surface area contributed by atoms with E-state index < -0.39 is 5.82 Å². The lowest BCUT2D eigenvalue weighted by molar-refractivity contribution is -0.0516. The zero-order chi connectivity index (χ0) is 34.1. The maximum Gasteiger partial charge on any atom is 0.248 e. The van der Waals surface area contributed by atoms with E-state index in [9.17, 15) is 9.18 Å². The van der Waals surface area contributed by atoms with Crippen molar-refractivity contribution in [3.63, 3.8) is 0 Å². The molecule has 1 aromatic heterocycles.